The lowest BCUT2D eigenvalue weighted by atomic mass is 10.0. The maximum atomic E-state index is 12.4. The van der Waals surface area contributed by atoms with Gasteiger partial charge in [-0.1, -0.05) is 182 Å². The van der Waals surface area contributed by atoms with E-state index in [9.17, 15) is 14.4 Å². The van der Waals surface area contributed by atoms with Crippen LogP contribution in [0.4, 0.5) is 0 Å². The predicted octanol–water partition coefficient (Wildman–Crippen LogP) is 12.4. The molecule has 0 fully saturated rings. The van der Waals surface area contributed by atoms with Crippen molar-refractivity contribution in [3.05, 3.63) is 0 Å². The van der Waals surface area contributed by atoms with Crippen molar-refractivity contribution in [3.8, 4) is 0 Å². The number of hydrogen-bond donors (Lipinski definition) is 0. The Balaban J connectivity index is 4.08. The standard InChI is InChI=1S/C41H78O6/c1-5-7-9-11-20-25-28-32-39(42)45-35-38(47-41(44)34-30-23-10-8-6-2)36-46-40(43)33-29-26-22-19-17-15-13-12-14-16-18-21-24-27-31-37(3)4/h37-38H,5-36H2,1-4H3/t38-/m0/s1. The van der Waals surface area contributed by atoms with Gasteiger partial charge < -0.3 is 14.2 Å². The van der Waals surface area contributed by atoms with E-state index in [0.717, 1.165) is 70.1 Å². The highest BCUT2D eigenvalue weighted by molar-refractivity contribution is 5.71. The molecule has 0 amide bonds. The number of carbonyl (C=O) groups is 3. The van der Waals surface area contributed by atoms with Crippen LogP contribution in [0.25, 0.3) is 0 Å². The van der Waals surface area contributed by atoms with Crippen molar-refractivity contribution in [2.45, 2.75) is 226 Å². The molecule has 278 valence electrons. The van der Waals surface area contributed by atoms with Gasteiger partial charge in [-0.15, -0.1) is 0 Å². The molecule has 0 aromatic carbocycles. The molecule has 6 nitrogen and oxygen atoms in total. The van der Waals surface area contributed by atoms with Crippen LogP contribution >= 0.6 is 0 Å². The fourth-order valence-corrected chi connectivity index (χ4v) is 5.92. The average Bonchev–Trinajstić information content (AvgIpc) is 3.05. The minimum Gasteiger partial charge on any atom is -0.462 e. The summed E-state index contributed by atoms with van der Waals surface area (Å²) in [5.41, 5.74) is 0. The van der Waals surface area contributed by atoms with Crippen molar-refractivity contribution >= 4 is 17.9 Å². The van der Waals surface area contributed by atoms with Crippen LogP contribution in [-0.2, 0) is 28.6 Å². The minimum atomic E-state index is -0.755. The number of rotatable bonds is 36. The van der Waals surface area contributed by atoms with Crippen molar-refractivity contribution in [1.82, 2.24) is 0 Å². The molecule has 1 atom stereocenters. The lowest BCUT2D eigenvalue weighted by Gasteiger charge is -2.18. The molecule has 0 unspecified atom stereocenters. The van der Waals surface area contributed by atoms with E-state index in [2.05, 4.69) is 27.7 Å². The molecule has 0 aliphatic rings. The number of carbonyl (C=O) groups excluding carboxylic acids is 3. The average molecular weight is 667 g/mol. The lowest BCUT2D eigenvalue weighted by Crippen LogP contribution is -2.30. The Morgan fingerprint density at radius 2 is 0.702 bits per heavy atom. The number of ether oxygens (including phenoxy) is 3. The first-order valence-corrected chi connectivity index (χ1v) is 20.4. The summed E-state index contributed by atoms with van der Waals surface area (Å²) in [6.45, 7) is 8.86. The number of hydrogen-bond acceptors (Lipinski definition) is 6. The molecule has 0 aromatic heterocycles. The van der Waals surface area contributed by atoms with E-state index >= 15 is 0 Å². The number of esters is 3. The smallest absolute Gasteiger partial charge is 0.306 e. The second kappa shape index (κ2) is 35.7. The van der Waals surface area contributed by atoms with Crippen molar-refractivity contribution in [1.29, 1.82) is 0 Å². The molecule has 0 aliphatic heterocycles. The molecule has 6 heteroatoms. The van der Waals surface area contributed by atoms with Gasteiger partial charge in [-0.3, -0.25) is 14.4 Å². The van der Waals surface area contributed by atoms with E-state index in [1.165, 1.54) is 109 Å². The van der Waals surface area contributed by atoms with Gasteiger partial charge in [-0.25, -0.2) is 0 Å². The monoisotopic (exact) mass is 667 g/mol. The van der Waals surface area contributed by atoms with Crippen molar-refractivity contribution in [2.75, 3.05) is 13.2 Å². The normalized spacial score (nSPS) is 11.9. The molecule has 0 bridgehead atoms. The van der Waals surface area contributed by atoms with Crippen LogP contribution in [0.1, 0.15) is 220 Å². The molecule has 0 spiro atoms. The molecule has 0 N–H and O–H groups in total. The lowest BCUT2D eigenvalue weighted by molar-refractivity contribution is -0.167. The number of unbranched alkanes of at least 4 members (excludes halogenated alkanes) is 23. The third-order valence-electron chi connectivity index (χ3n) is 9.04. The topological polar surface area (TPSA) is 78.9 Å². The van der Waals surface area contributed by atoms with Crippen LogP contribution < -0.4 is 0 Å². The van der Waals surface area contributed by atoms with Crippen LogP contribution in [0.15, 0.2) is 0 Å². The summed E-state index contributed by atoms with van der Waals surface area (Å²) < 4.78 is 16.5. The summed E-state index contributed by atoms with van der Waals surface area (Å²) in [6, 6.07) is 0. The van der Waals surface area contributed by atoms with E-state index in [-0.39, 0.29) is 31.1 Å². The molecule has 0 radical (unpaired) electrons. The summed E-state index contributed by atoms with van der Waals surface area (Å²) in [6.07, 6.45) is 32.7. The Hall–Kier alpha value is -1.59. The molecule has 0 saturated carbocycles. The molecular formula is C41H78O6. The summed E-state index contributed by atoms with van der Waals surface area (Å²) in [7, 11) is 0. The fraction of sp³-hybridized carbons (Fsp3) is 0.927. The summed E-state index contributed by atoms with van der Waals surface area (Å²) in [5.74, 6) is -0.0375. The largest absolute Gasteiger partial charge is 0.462 e. The Morgan fingerprint density at radius 1 is 0.404 bits per heavy atom. The Morgan fingerprint density at radius 3 is 1.04 bits per heavy atom. The van der Waals surface area contributed by atoms with Gasteiger partial charge in [0.25, 0.3) is 0 Å². The zero-order chi connectivity index (χ0) is 34.6. The highest BCUT2D eigenvalue weighted by atomic mass is 16.6. The zero-order valence-electron chi connectivity index (χ0n) is 31.7. The molecule has 0 aromatic rings. The third kappa shape index (κ3) is 35.5. The van der Waals surface area contributed by atoms with E-state index in [4.69, 9.17) is 14.2 Å². The van der Waals surface area contributed by atoms with Crippen LogP contribution in [0.5, 0.6) is 0 Å². The molecular weight excluding hydrogens is 588 g/mol. The quantitative estimate of drug-likeness (QED) is 0.0376. The van der Waals surface area contributed by atoms with E-state index < -0.39 is 6.10 Å². The predicted molar refractivity (Wildman–Crippen MR) is 196 cm³/mol. The second-order valence-corrected chi connectivity index (χ2v) is 14.4. The third-order valence-corrected chi connectivity index (χ3v) is 9.04. The maximum Gasteiger partial charge on any atom is 0.306 e. The summed E-state index contributed by atoms with van der Waals surface area (Å²) in [5, 5.41) is 0. The first kappa shape index (κ1) is 45.4. The molecule has 0 rings (SSSR count). The zero-order valence-corrected chi connectivity index (χ0v) is 31.7. The van der Waals surface area contributed by atoms with Crippen molar-refractivity contribution < 1.29 is 28.6 Å². The van der Waals surface area contributed by atoms with Crippen LogP contribution in [0.3, 0.4) is 0 Å². The van der Waals surface area contributed by atoms with Gasteiger partial charge in [0.15, 0.2) is 6.10 Å². The summed E-state index contributed by atoms with van der Waals surface area (Å²) in [4.78, 5) is 37.1. The molecule has 0 heterocycles. The van der Waals surface area contributed by atoms with Gasteiger partial charge in [0.2, 0.25) is 0 Å². The fourth-order valence-electron chi connectivity index (χ4n) is 5.92. The van der Waals surface area contributed by atoms with Gasteiger partial charge in [0.1, 0.15) is 13.2 Å². The van der Waals surface area contributed by atoms with E-state index in [1.54, 1.807) is 0 Å². The van der Waals surface area contributed by atoms with Crippen LogP contribution in [-0.4, -0.2) is 37.2 Å². The maximum absolute atomic E-state index is 12.4. The highest BCUT2D eigenvalue weighted by Gasteiger charge is 2.19. The molecule has 0 aliphatic carbocycles. The van der Waals surface area contributed by atoms with Crippen molar-refractivity contribution in [3.63, 3.8) is 0 Å². The van der Waals surface area contributed by atoms with Gasteiger partial charge in [0.05, 0.1) is 0 Å². The van der Waals surface area contributed by atoms with E-state index in [1.807, 2.05) is 0 Å². The SMILES string of the molecule is CCCCCCCCCC(=O)OC[C@@H](COC(=O)CCCCCCCCCCCCCCCCC(C)C)OC(=O)CCCCCCC. The van der Waals surface area contributed by atoms with Crippen LogP contribution in [0, 0.1) is 5.92 Å². The Bertz CT molecular complexity index is 706. The molecule has 47 heavy (non-hydrogen) atoms. The first-order valence-electron chi connectivity index (χ1n) is 20.4. The van der Waals surface area contributed by atoms with Gasteiger partial charge in [0, 0.05) is 19.3 Å². The van der Waals surface area contributed by atoms with Gasteiger partial charge in [-0.2, -0.15) is 0 Å². The summed E-state index contributed by atoms with van der Waals surface area (Å²) >= 11 is 0. The first-order chi connectivity index (χ1) is 22.9. The van der Waals surface area contributed by atoms with Gasteiger partial charge >= 0.3 is 17.9 Å². The van der Waals surface area contributed by atoms with Crippen molar-refractivity contribution in [2.24, 2.45) is 5.92 Å². The highest BCUT2D eigenvalue weighted by Crippen LogP contribution is 2.16. The Labute approximate surface area is 291 Å². The van der Waals surface area contributed by atoms with Gasteiger partial charge in [-0.05, 0) is 25.2 Å². The second-order valence-electron chi connectivity index (χ2n) is 14.4. The minimum absolute atomic E-state index is 0.0662. The van der Waals surface area contributed by atoms with E-state index in [0.29, 0.717) is 19.3 Å². The van der Waals surface area contributed by atoms with Crippen LogP contribution in [0.2, 0.25) is 0 Å². The Kier molecular flexibility index (Phi) is 34.5. The molecule has 0 saturated heterocycles.